The van der Waals surface area contributed by atoms with Crippen LogP contribution >= 0.6 is 0 Å². The van der Waals surface area contributed by atoms with Gasteiger partial charge in [0.1, 0.15) is 9.84 Å². The normalized spacial score (nSPS) is 17.4. The van der Waals surface area contributed by atoms with Crippen LogP contribution in [-0.2, 0) is 19.9 Å². The number of carbonyl (C=O) groups is 1. The second kappa shape index (κ2) is 5.88. The predicted molar refractivity (Wildman–Crippen MR) is 76.6 cm³/mol. The lowest BCUT2D eigenvalue weighted by atomic mass is 9.97. The maximum Gasteiger partial charge on any atom is 0.328 e. The third-order valence-electron chi connectivity index (χ3n) is 3.11. The molecule has 7 nitrogen and oxygen atoms in total. The molecule has 0 bridgehead atoms. The van der Waals surface area contributed by atoms with Crippen LogP contribution in [0.3, 0.4) is 0 Å². The van der Waals surface area contributed by atoms with Crippen LogP contribution in [-0.4, -0.2) is 46.7 Å². The van der Waals surface area contributed by atoms with Gasteiger partial charge in [-0.2, -0.15) is 0 Å². The number of hydrogen-bond acceptors (Lipinski definition) is 5. The van der Waals surface area contributed by atoms with Gasteiger partial charge in [0.05, 0.1) is 11.0 Å². The van der Waals surface area contributed by atoms with E-state index in [1.54, 1.807) is 13.8 Å². The van der Waals surface area contributed by atoms with Gasteiger partial charge in [-0.05, 0) is 18.3 Å². The lowest BCUT2D eigenvalue weighted by molar-refractivity contribution is 0.240. The van der Waals surface area contributed by atoms with Crippen molar-refractivity contribution in [2.75, 3.05) is 18.6 Å². The molecule has 1 saturated carbocycles. The monoisotopic (exact) mass is 326 g/mol. The molecule has 0 saturated heterocycles. The Morgan fingerprint density at radius 2 is 1.75 bits per heavy atom. The zero-order chi connectivity index (χ0) is 15.6. The lowest BCUT2D eigenvalue weighted by Crippen LogP contribution is -2.48. The summed E-state index contributed by atoms with van der Waals surface area (Å²) in [4.78, 5) is 11.6. The van der Waals surface area contributed by atoms with Gasteiger partial charge in [0, 0.05) is 12.8 Å². The van der Waals surface area contributed by atoms with Gasteiger partial charge in [-0.1, -0.05) is 20.3 Å². The van der Waals surface area contributed by atoms with E-state index in [0.29, 0.717) is 12.8 Å². The summed E-state index contributed by atoms with van der Waals surface area (Å²) < 4.78 is 47.8. The minimum Gasteiger partial charge on any atom is -0.337 e. The SMILES string of the molecule is CC(C)(CNC(=O)NS(=O)(=O)C1CCC1)CS(C)(=O)=O. The molecule has 1 aliphatic rings. The van der Waals surface area contributed by atoms with Crippen molar-refractivity contribution in [2.45, 2.75) is 38.4 Å². The largest absolute Gasteiger partial charge is 0.337 e. The van der Waals surface area contributed by atoms with Crippen LogP contribution in [0.2, 0.25) is 0 Å². The van der Waals surface area contributed by atoms with Crippen molar-refractivity contribution in [3.63, 3.8) is 0 Å². The molecule has 0 spiro atoms. The molecule has 0 aromatic carbocycles. The average molecular weight is 326 g/mol. The number of amides is 2. The first-order chi connectivity index (χ1) is 8.91. The molecule has 0 aliphatic heterocycles. The summed E-state index contributed by atoms with van der Waals surface area (Å²) in [5, 5.41) is 1.92. The summed E-state index contributed by atoms with van der Waals surface area (Å²) >= 11 is 0. The van der Waals surface area contributed by atoms with Crippen LogP contribution in [0.25, 0.3) is 0 Å². The Balaban J connectivity index is 2.47. The Morgan fingerprint density at radius 3 is 2.15 bits per heavy atom. The lowest BCUT2D eigenvalue weighted by Gasteiger charge is -2.26. The predicted octanol–water partition coefficient (Wildman–Crippen LogP) is 0.239. The third-order valence-corrected chi connectivity index (χ3v) is 6.23. The summed E-state index contributed by atoms with van der Waals surface area (Å²) in [6.45, 7) is 3.45. The van der Waals surface area contributed by atoms with Gasteiger partial charge in [-0.15, -0.1) is 0 Å². The molecular formula is C11H22N2O5S2. The van der Waals surface area contributed by atoms with Crippen LogP contribution in [0.4, 0.5) is 4.79 Å². The molecule has 0 atom stereocenters. The number of sulfonamides is 1. The molecule has 0 unspecified atom stereocenters. The standard InChI is InChI=1S/C11H22N2O5S2/c1-11(2,8-19(3,15)16)7-12-10(14)13-20(17,18)9-5-4-6-9/h9H,4-8H2,1-3H3,(H2,12,13,14). The summed E-state index contributed by atoms with van der Waals surface area (Å²) in [5.41, 5.74) is -0.662. The average Bonchev–Trinajstić information content (AvgIpc) is 2.05. The van der Waals surface area contributed by atoms with Gasteiger partial charge in [0.25, 0.3) is 0 Å². The fourth-order valence-corrected chi connectivity index (χ4v) is 4.98. The molecular weight excluding hydrogens is 304 g/mol. The van der Waals surface area contributed by atoms with Crippen molar-refractivity contribution >= 4 is 25.9 Å². The van der Waals surface area contributed by atoms with E-state index in [-0.39, 0.29) is 12.3 Å². The third kappa shape index (κ3) is 5.66. The second-order valence-corrected chi connectivity index (χ2v) is 10.2. The minimum atomic E-state index is -3.61. The van der Waals surface area contributed by atoms with Gasteiger partial charge in [-0.3, -0.25) is 0 Å². The Bertz CT molecular complexity index is 562. The molecule has 20 heavy (non-hydrogen) atoms. The van der Waals surface area contributed by atoms with E-state index >= 15 is 0 Å². The number of carbonyl (C=O) groups excluding carboxylic acids is 1. The van der Waals surface area contributed by atoms with Gasteiger partial charge < -0.3 is 5.32 Å². The van der Waals surface area contributed by atoms with Crippen molar-refractivity contribution in [2.24, 2.45) is 5.41 Å². The molecule has 0 aromatic heterocycles. The Kier molecular flexibility index (Phi) is 5.07. The Morgan fingerprint density at radius 1 is 1.20 bits per heavy atom. The van der Waals surface area contributed by atoms with E-state index in [1.807, 2.05) is 4.72 Å². The van der Waals surface area contributed by atoms with Crippen LogP contribution in [0, 0.1) is 5.41 Å². The Labute approximate surface area is 120 Å². The van der Waals surface area contributed by atoms with Crippen LogP contribution in [0.15, 0.2) is 0 Å². The maximum absolute atomic E-state index is 11.7. The minimum absolute atomic E-state index is 0.0755. The molecule has 2 N–H and O–H groups in total. The molecule has 1 fully saturated rings. The molecule has 1 aliphatic carbocycles. The van der Waals surface area contributed by atoms with Crippen molar-refractivity contribution in [3.8, 4) is 0 Å². The molecule has 0 heterocycles. The van der Waals surface area contributed by atoms with Crippen LogP contribution < -0.4 is 10.0 Å². The fourth-order valence-electron chi connectivity index (χ4n) is 2.01. The summed E-state index contributed by atoms with van der Waals surface area (Å²) in [7, 11) is -6.77. The van der Waals surface area contributed by atoms with E-state index in [4.69, 9.17) is 0 Å². The van der Waals surface area contributed by atoms with E-state index < -0.39 is 36.6 Å². The molecule has 0 aromatic rings. The molecule has 9 heteroatoms. The smallest absolute Gasteiger partial charge is 0.328 e. The van der Waals surface area contributed by atoms with Crippen molar-refractivity contribution in [3.05, 3.63) is 0 Å². The highest BCUT2D eigenvalue weighted by Gasteiger charge is 2.33. The Hall–Kier alpha value is -0.830. The first kappa shape index (κ1) is 17.2. The van der Waals surface area contributed by atoms with Gasteiger partial charge in [0.2, 0.25) is 10.0 Å². The number of rotatable bonds is 6. The first-order valence-corrected chi connectivity index (χ1v) is 9.99. The molecule has 118 valence electrons. The fraction of sp³-hybridized carbons (Fsp3) is 0.909. The highest BCUT2D eigenvalue weighted by molar-refractivity contribution is 7.91. The number of nitrogens with one attached hydrogen (secondary N) is 2. The van der Waals surface area contributed by atoms with E-state index in [9.17, 15) is 21.6 Å². The van der Waals surface area contributed by atoms with Crippen molar-refractivity contribution in [1.82, 2.24) is 10.0 Å². The van der Waals surface area contributed by atoms with Crippen LogP contribution in [0.1, 0.15) is 33.1 Å². The van der Waals surface area contributed by atoms with E-state index in [2.05, 4.69) is 5.32 Å². The number of sulfone groups is 1. The van der Waals surface area contributed by atoms with Gasteiger partial charge in [-0.25, -0.2) is 26.4 Å². The topological polar surface area (TPSA) is 109 Å². The second-order valence-electron chi connectivity index (χ2n) is 6.12. The zero-order valence-corrected chi connectivity index (χ0v) is 13.6. The molecule has 2 amide bonds. The highest BCUT2D eigenvalue weighted by Crippen LogP contribution is 2.25. The molecule has 0 radical (unpaired) electrons. The zero-order valence-electron chi connectivity index (χ0n) is 12.0. The number of urea groups is 1. The first-order valence-electron chi connectivity index (χ1n) is 6.38. The molecule has 1 rings (SSSR count). The highest BCUT2D eigenvalue weighted by atomic mass is 32.2. The van der Waals surface area contributed by atoms with Crippen LogP contribution in [0.5, 0.6) is 0 Å². The summed E-state index contributed by atoms with van der Waals surface area (Å²) in [6, 6.07) is -0.807. The maximum atomic E-state index is 11.7. The quantitative estimate of drug-likeness (QED) is 0.726. The van der Waals surface area contributed by atoms with Crippen molar-refractivity contribution < 1.29 is 21.6 Å². The van der Waals surface area contributed by atoms with E-state index in [1.165, 1.54) is 0 Å². The van der Waals surface area contributed by atoms with Crippen molar-refractivity contribution in [1.29, 1.82) is 0 Å². The summed E-state index contributed by atoms with van der Waals surface area (Å²) in [5.74, 6) is -0.0876. The summed E-state index contributed by atoms with van der Waals surface area (Å²) in [6.07, 6.45) is 3.12. The van der Waals surface area contributed by atoms with Gasteiger partial charge in [0.15, 0.2) is 0 Å². The number of hydrogen-bond donors (Lipinski definition) is 2. The van der Waals surface area contributed by atoms with Gasteiger partial charge >= 0.3 is 6.03 Å². The van der Waals surface area contributed by atoms with E-state index in [0.717, 1.165) is 12.7 Å².